The van der Waals surface area contributed by atoms with Crippen LogP contribution in [0.1, 0.15) is 22.8 Å². The van der Waals surface area contributed by atoms with Crippen molar-refractivity contribution in [1.29, 1.82) is 0 Å². The molecule has 2 N–H and O–H groups in total. The van der Waals surface area contributed by atoms with Crippen molar-refractivity contribution in [3.63, 3.8) is 0 Å². The average molecular weight is 337 g/mol. The van der Waals surface area contributed by atoms with E-state index in [1.54, 1.807) is 13.3 Å². The molecule has 0 saturated carbocycles. The van der Waals surface area contributed by atoms with Crippen LogP contribution in [0.4, 0.5) is 5.69 Å². The average Bonchev–Trinajstić information content (AvgIpc) is 3.30. The first kappa shape index (κ1) is 15.4. The van der Waals surface area contributed by atoms with Gasteiger partial charge in [0.15, 0.2) is 0 Å². The third-order valence-electron chi connectivity index (χ3n) is 4.69. The molecule has 7 heteroatoms. The first-order valence-electron chi connectivity index (χ1n) is 8.17. The van der Waals surface area contributed by atoms with Gasteiger partial charge in [-0.15, -0.1) is 0 Å². The summed E-state index contributed by atoms with van der Waals surface area (Å²) in [5.41, 5.74) is 7.83. The second kappa shape index (κ2) is 6.08. The molecule has 1 aromatic carbocycles. The van der Waals surface area contributed by atoms with Gasteiger partial charge in [-0.1, -0.05) is 0 Å². The monoisotopic (exact) mass is 337 g/mol. The molecule has 1 unspecified atom stereocenters. The molecule has 25 heavy (non-hydrogen) atoms. The Labute approximate surface area is 145 Å². The van der Waals surface area contributed by atoms with Crippen molar-refractivity contribution in [2.45, 2.75) is 12.5 Å². The maximum absolute atomic E-state index is 11.3. The zero-order valence-electron chi connectivity index (χ0n) is 13.9. The normalized spacial score (nSPS) is 17.2. The molecule has 1 atom stereocenters. The number of hydrogen-bond acceptors (Lipinski definition) is 5. The Morgan fingerprint density at radius 1 is 1.36 bits per heavy atom. The Bertz CT molecular complexity index is 936. The first-order chi connectivity index (χ1) is 12.2. The van der Waals surface area contributed by atoms with E-state index in [0.29, 0.717) is 5.56 Å². The second-order valence-electron chi connectivity index (χ2n) is 6.17. The molecule has 0 spiro atoms. The van der Waals surface area contributed by atoms with E-state index in [4.69, 9.17) is 10.5 Å². The molecular weight excluding hydrogens is 318 g/mol. The lowest BCUT2D eigenvalue weighted by atomic mass is 10.1. The number of pyridine rings is 1. The molecule has 4 rings (SSSR count). The van der Waals surface area contributed by atoms with Gasteiger partial charge in [-0.05, 0) is 30.7 Å². The van der Waals surface area contributed by atoms with Gasteiger partial charge in [-0.3, -0.25) is 14.5 Å². The van der Waals surface area contributed by atoms with Gasteiger partial charge in [-0.25, -0.2) is 0 Å². The molecule has 0 aliphatic carbocycles. The zero-order chi connectivity index (χ0) is 17.4. The lowest BCUT2D eigenvalue weighted by molar-refractivity contribution is 0.1000. The maximum Gasteiger partial charge on any atom is 0.251 e. The summed E-state index contributed by atoms with van der Waals surface area (Å²) in [5, 5.41) is 5.36. The molecule has 1 fully saturated rings. The number of primary amides is 1. The minimum atomic E-state index is -0.451. The van der Waals surface area contributed by atoms with E-state index in [0.717, 1.165) is 41.9 Å². The largest absolute Gasteiger partial charge is 0.497 e. The molecule has 2 aromatic heterocycles. The molecule has 0 bridgehead atoms. The van der Waals surface area contributed by atoms with Gasteiger partial charge in [0.2, 0.25) is 0 Å². The highest BCUT2D eigenvalue weighted by Gasteiger charge is 2.26. The van der Waals surface area contributed by atoms with Crippen LogP contribution in [0.2, 0.25) is 0 Å². The van der Waals surface area contributed by atoms with Gasteiger partial charge < -0.3 is 15.4 Å². The van der Waals surface area contributed by atoms with Gasteiger partial charge in [0, 0.05) is 36.6 Å². The summed E-state index contributed by atoms with van der Waals surface area (Å²) < 4.78 is 7.19. The molecule has 1 aliphatic heterocycles. The predicted molar refractivity (Wildman–Crippen MR) is 94.9 cm³/mol. The summed E-state index contributed by atoms with van der Waals surface area (Å²) in [6.07, 6.45) is 6.03. The molecule has 1 saturated heterocycles. The predicted octanol–water partition coefficient (Wildman–Crippen LogP) is 1.99. The van der Waals surface area contributed by atoms with Crippen molar-refractivity contribution >= 4 is 22.5 Å². The van der Waals surface area contributed by atoms with Crippen molar-refractivity contribution in [2.75, 3.05) is 25.1 Å². The highest BCUT2D eigenvalue weighted by molar-refractivity contribution is 5.93. The van der Waals surface area contributed by atoms with Gasteiger partial charge in [0.05, 0.1) is 30.4 Å². The number of amides is 1. The fourth-order valence-electron chi connectivity index (χ4n) is 3.36. The lowest BCUT2D eigenvalue weighted by Crippen LogP contribution is -2.21. The molecule has 3 heterocycles. The molecule has 3 aromatic rings. The molecule has 1 amide bonds. The number of fused-ring (bicyclic) bond motifs is 1. The number of benzene rings is 1. The number of methoxy groups -OCH3 is 1. The van der Waals surface area contributed by atoms with E-state index in [2.05, 4.69) is 15.0 Å². The minimum Gasteiger partial charge on any atom is -0.497 e. The Balaban J connectivity index is 1.63. The fourth-order valence-corrected chi connectivity index (χ4v) is 3.36. The van der Waals surface area contributed by atoms with Gasteiger partial charge in [0.25, 0.3) is 5.91 Å². The smallest absolute Gasteiger partial charge is 0.251 e. The van der Waals surface area contributed by atoms with E-state index < -0.39 is 5.91 Å². The summed E-state index contributed by atoms with van der Waals surface area (Å²) in [6.45, 7) is 1.73. The van der Waals surface area contributed by atoms with Gasteiger partial charge in [0.1, 0.15) is 5.75 Å². The highest BCUT2D eigenvalue weighted by Crippen LogP contribution is 2.33. The summed E-state index contributed by atoms with van der Waals surface area (Å²) in [5.74, 6) is 0.365. The number of carbonyl (C=O) groups excluding carboxylic acids is 1. The first-order valence-corrected chi connectivity index (χ1v) is 8.17. The van der Waals surface area contributed by atoms with E-state index in [-0.39, 0.29) is 6.04 Å². The minimum absolute atomic E-state index is 0.210. The number of carbonyl (C=O) groups is 1. The standard InChI is InChI=1S/C18H19N5O2/c1-25-14-2-3-16-15(8-14)17(4-6-20-16)22-7-5-13(11-22)23-10-12(9-21-23)18(19)24/h2-4,6,8-10,13H,5,7,11H2,1H3,(H2,19,24). The third kappa shape index (κ3) is 2.77. The number of rotatable bonds is 4. The van der Waals surface area contributed by atoms with Crippen LogP contribution in [0.3, 0.4) is 0 Å². The zero-order valence-corrected chi connectivity index (χ0v) is 13.9. The maximum atomic E-state index is 11.3. The Kier molecular flexibility index (Phi) is 3.76. The van der Waals surface area contributed by atoms with Crippen LogP contribution in [-0.2, 0) is 0 Å². The SMILES string of the molecule is COc1ccc2nccc(N3CCC(n4cc(C(N)=O)cn4)C3)c2c1. The number of hydrogen-bond donors (Lipinski definition) is 1. The van der Waals surface area contributed by atoms with Crippen LogP contribution in [0.15, 0.2) is 42.9 Å². The topological polar surface area (TPSA) is 86.3 Å². The molecule has 7 nitrogen and oxygen atoms in total. The Hall–Kier alpha value is -3.09. The van der Waals surface area contributed by atoms with E-state index in [1.165, 1.54) is 6.20 Å². The Morgan fingerprint density at radius 3 is 3.00 bits per heavy atom. The quantitative estimate of drug-likeness (QED) is 0.787. The molecule has 1 aliphatic rings. The summed E-state index contributed by atoms with van der Waals surface area (Å²) >= 11 is 0. The number of ether oxygens (including phenoxy) is 1. The molecular formula is C18H19N5O2. The van der Waals surface area contributed by atoms with Crippen LogP contribution in [-0.4, -0.2) is 40.9 Å². The number of aromatic nitrogens is 3. The van der Waals surface area contributed by atoms with Crippen LogP contribution in [0.5, 0.6) is 5.75 Å². The van der Waals surface area contributed by atoms with E-state index in [9.17, 15) is 4.79 Å². The summed E-state index contributed by atoms with van der Waals surface area (Å²) in [4.78, 5) is 18.0. The number of nitrogens with zero attached hydrogens (tertiary/aromatic N) is 4. The second-order valence-corrected chi connectivity index (χ2v) is 6.17. The van der Waals surface area contributed by atoms with Gasteiger partial charge >= 0.3 is 0 Å². The van der Waals surface area contributed by atoms with Crippen molar-refractivity contribution in [3.05, 3.63) is 48.4 Å². The van der Waals surface area contributed by atoms with Crippen molar-refractivity contribution in [2.24, 2.45) is 5.73 Å². The van der Waals surface area contributed by atoms with Crippen LogP contribution < -0.4 is 15.4 Å². The van der Waals surface area contributed by atoms with Crippen molar-refractivity contribution < 1.29 is 9.53 Å². The van der Waals surface area contributed by atoms with Crippen molar-refractivity contribution in [3.8, 4) is 5.75 Å². The van der Waals surface area contributed by atoms with Gasteiger partial charge in [-0.2, -0.15) is 5.10 Å². The Morgan fingerprint density at radius 2 is 2.24 bits per heavy atom. The fraction of sp³-hybridized carbons (Fsp3) is 0.278. The third-order valence-corrected chi connectivity index (χ3v) is 4.69. The number of anilines is 1. The summed E-state index contributed by atoms with van der Waals surface area (Å²) in [7, 11) is 1.66. The van der Waals surface area contributed by atoms with E-state index >= 15 is 0 Å². The highest BCUT2D eigenvalue weighted by atomic mass is 16.5. The van der Waals surface area contributed by atoms with Crippen molar-refractivity contribution in [1.82, 2.24) is 14.8 Å². The lowest BCUT2D eigenvalue weighted by Gasteiger charge is -2.20. The molecule has 0 radical (unpaired) electrons. The number of nitrogens with two attached hydrogens (primary N) is 1. The summed E-state index contributed by atoms with van der Waals surface area (Å²) in [6, 6.07) is 8.15. The molecule has 128 valence electrons. The van der Waals surface area contributed by atoms with Crippen LogP contribution >= 0.6 is 0 Å². The van der Waals surface area contributed by atoms with E-state index in [1.807, 2.05) is 35.1 Å². The van der Waals surface area contributed by atoms with Crippen LogP contribution in [0, 0.1) is 0 Å². The van der Waals surface area contributed by atoms with Crippen LogP contribution in [0.25, 0.3) is 10.9 Å².